The van der Waals surface area contributed by atoms with E-state index in [1.165, 1.54) is 54.8 Å². The largest absolute Gasteiger partial charge is 0.310 e. The Balaban J connectivity index is 1.15. The zero-order chi connectivity index (χ0) is 35.8. The molecule has 9 aromatic carbocycles. The average molecular weight is 689 g/mol. The lowest BCUT2D eigenvalue weighted by Gasteiger charge is -2.28. The molecule has 0 radical (unpaired) electrons. The standard InChI is InChI=1S/C52H36N2/c1-3-16-37(17-4-1)40-20-14-25-44(35-40)53(45-33-32-38-18-7-8-19-39(38)36-45)49-29-11-9-26-46(49)41-21-13-22-42(34-41)47-28-15-31-51-52(47)48-27-10-12-30-50(48)54(51)43-23-5-2-6-24-43/h1-36H. The zero-order valence-corrected chi connectivity index (χ0v) is 29.7. The molecule has 1 heterocycles. The fraction of sp³-hybridized carbons (Fsp3) is 0. The molecule has 0 N–H and O–H groups in total. The van der Waals surface area contributed by atoms with Crippen LogP contribution in [0.15, 0.2) is 218 Å². The lowest BCUT2D eigenvalue weighted by Crippen LogP contribution is -2.11. The Hall–Kier alpha value is -7.16. The first kappa shape index (κ1) is 31.6. The van der Waals surface area contributed by atoms with Crippen molar-refractivity contribution in [1.82, 2.24) is 4.57 Å². The van der Waals surface area contributed by atoms with Gasteiger partial charge in [0.25, 0.3) is 0 Å². The Kier molecular flexibility index (Phi) is 7.85. The number of nitrogens with zero attached hydrogens (tertiary/aromatic N) is 2. The molecule has 0 aliphatic rings. The summed E-state index contributed by atoms with van der Waals surface area (Å²) in [7, 11) is 0. The Labute approximate surface area is 315 Å². The molecule has 2 heteroatoms. The van der Waals surface area contributed by atoms with Gasteiger partial charge in [-0.25, -0.2) is 0 Å². The topological polar surface area (TPSA) is 8.17 Å². The summed E-state index contributed by atoms with van der Waals surface area (Å²) >= 11 is 0. The van der Waals surface area contributed by atoms with E-state index in [1.54, 1.807) is 0 Å². The predicted molar refractivity (Wildman–Crippen MR) is 229 cm³/mol. The lowest BCUT2D eigenvalue weighted by molar-refractivity contribution is 1.18. The maximum atomic E-state index is 2.41. The van der Waals surface area contributed by atoms with E-state index >= 15 is 0 Å². The number of para-hydroxylation sites is 3. The van der Waals surface area contributed by atoms with Crippen molar-refractivity contribution in [1.29, 1.82) is 0 Å². The molecule has 10 rings (SSSR count). The van der Waals surface area contributed by atoms with Crippen LogP contribution in [-0.2, 0) is 0 Å². The van der Waals surface area contributed by atoms with Gasteiger partial charge >= 0.3 is 0 Å². The number of aromatic nitrogens is 1. The fourth-order valence-electron chi connectivity index (χ4n) is 8.08. The molecule has 0 atom stereocenters. The Morgan fingerprint density at radius 2 is 0.926 bits per heavy atom. The van der Waals surface area contributed by atoms with Crippen LogP contribution in [0, 0.1) is 0 Å². The summed E-state index contributed by atoms with van der Waals surface area (Å²) in [6.45, 7) is 0. The second-order valence-electron chi connectivity index (χ2n) is 13.8. The maximum absolute atomic E-state index is 2.41. The van der Waals surface area contributed by atoms with Crippen LogP contribution in [0.3, 0.4) is 0 Å². The first-order chi connectivity index (χ1) is 26.8. The molecule has 0 saturated heterocycles. The summed E-state index contributed by atoms with van der Waals surface area (Å²) in [5, 5.41) is 4.95. The molecule has 0 fully saturated rings. The fourth-order valence-corrected chi connectivity index (χ4v) is 8.08. The first-order valence-corrected chi connectivity index (χ1v) is 18.5. The number of fused-ring (bicyclic) bond motifs is 4. The summed E-state index contributed by atoms with van der Waals surface area (Å²) in [5.74, 6) is 0. The molecule has 1 aromatic heterocycles. The van der Waals surface area contributed by atoms with Gasteiger partial charge in [-0.15, -0.1) is 0 Å². The van der Waals surface area contributed by atoms with Crippen molar-refractivity contribution in [2.75, 3.05) is 4.90 Å². The quantitative estimate of drug-likeness (QED) is 0.162. The predicted octanol–water partition coefficient (Wildman–Crippen LogP) is 14.4. The van der Waals surface area contributed by atoms with Gasteiger partial charge < -0.3 is 9.47 Å². The molecule has 54 heavy (non-hydrogen) atoms. The normalized spacial score (nSPS) is 11.3. The van der Waals surface area contributed by atoms with Crippen molar-refractivity contribution in [2.45, 2.75) is 0 Å². The van der Waals surface area contributed by atoms with Gasteiger partial charge in [-0.05, 0) is 99.3 Å². The Morgan fingerprint density at radius 3 is 1.80 bits per heavy atom. The highest BCUT2D eigenvalue weighted by atomic mass is 15.1. The van der Waals surface area contributed by atoms with Crippen molar-refractivity contribution in [3.63, 3.8) is 0 Å². The summed E-state index contributed by atoms with van der Waals surface area (Å²) in [4.78, 5) is 2.41. The highest BCUT2D eigenvalue weighted by molar-refractivity contribution is 6.16. The second-order valence-corrected chi connectivity index (χ2v) is 13.8. The van der Waals surface area contributed by atoms with E-state index in [2.05, 4.69) is 228 Å². The SMILES string of the molecule is c1ccc(-c2cccc(N(c3ccc4ccccc4c3)c3ccccc3-c3cccc(-c4cccc5c4c4ccccc4n5-c4ccccc4)c3)c2)cc1. The van der Waals surface area contributed by atoms with Gasteiger partial charge in [-0.3, -0.25) is 0 Å². The molecule has 0 amide bonds. The van der Waals surface area contributed by atoms with Crippen LogP contribution in [0.2, 0.25) is 0 Å². The van der Waals surface area contributed by atoms with Crippen molar-refractivity contribution in [3.8, 4) is 39.1 Å². The van der Waals surface area contributed by atoms with E-state index in [9.17, 15) is 0 Å². The first-order valence-electron chi connectivity index (χ1n) is 18.5. The highest BCUT2D eigenvalue weighted by Crippen LogP contribution is 2.44. The minimum Gasteiger partial charge on any atom is -0.310 e. The number of rotatable bonds is 7. The molecule has 10 aromatic rings. The maximum Gasteiger partial charge on any atom is 0.0547 e. The molecule has 0 aliphatic carbocycles. The van der Waals surface area contributed by atoms with Gasteiger partial charge in [-0.2, -0.15) is 0 Å². The number of hydrogen-bond donors (Lipinski definition) is 0. The van der Waals surface area contributed by atoms with E-state index in [-0.39, 0.29) is 0 Å². The van der Waals surface area contributed by atoms with Crippen LogP contribution < -0.4 is 4.90 Å². The lowest BCUT2D eigenvalue weighted by atomic mass is 9.94. The second kappa shape index (κ2) is 13.4. The van der Waals surface area contributed by atoms with Crippen LogP contribution in [0.4, 0.5) is 17.1 Å². The minimum atomic E-state index is 1.11. The van der Waals surface area contributed by atoms with Crippen molar-refractivity contribution >= 4 is 49.6 Å². The van der Waals surface area contributed by atoms with Crippen LogP contribution in [0.1, 0.15) is 0 Å². The van der Waals surface area contributed by atoms with Crippen LogP contribution >= 0.6 is 0 Å². The van der Waals surface area contributed by atoms with Crippen molar-refractivity contribution in [3.05, 3.63) is 218 Å². The average Bonchev–Trinajstić information content (AvgIpc) is 3.59. The highest BCUT2D eigenvalue weighted by Gasteiger charge is 2.20. The van der Waals surface area contributed by atoms with Crippen LogP contribution in [0.25, 0.3) is 71.6 Å². The Morgan fingerprint density at radius 1 is 0.333 bits per heavy atom. The summed E-state index contributed by atoms with van der Waals surface area (Å²) in [5.41, 5.74) is 14.0. The third-order valence-electron chi connectivity index (χ3n) is 10.5. The summed E-state index contributed by atoms with van der Waals surface area (Å²) < 4.78 is 2.39. The molecule has 0 spiro atoms. The number of hydrogen-bond acceptors (Lipinski definition) is 1. The zero-order valence-electron chi connectivity index (χ0n) is 29.7. The molecule has 0 unspecified atom stereocenters. The molecule has 0 saturated carbocycles. The van der Waals surface area contributed by atoms with Gasteiger partial charge in [0.1, 0.15) is 0 Å². The molecule has 0 bridgehead atoms. The minimum absolute atomic E-state index is 1.11. The van der Waals surface area contributed by atoms with Crippen molar-refractivity contribution in [2.24, 2.45) is 0 Å². The molecular formula is C52H36N2. The monoisotopic (exact) mass is 688 g/mol. The molecule has 2 nitrogen and oxygen atoms in total. The third-order valence-corrected chi connectivity index (χ3v) is 10.5. The summed E-state index contributed by atoms with van der Waals surface area (Å²) in [6, 6.07) is 78.9. The molecule has 254 valence electrons. The van der Waals surface area contributed by atoms with E-state index < -0.39 is 0 Å². The summed E-state index contributed by atoms with van der Waals surface area (Å²) in [6.07, 6.45) is 0. The number of anilines is 3. The Bertz CT molecular complexity index is 2940. The van der Waals surface area contributed by atoms with Gasteiger partial charge in [0, 0.05) is 33.4 Å². The molecular weight excluding hydrogens is 653 g/mol. The smallest absolute Gasteiger partial charge is 0.0547 e. The van der Waals surface area contributed by atoms with Crippen molar-refractivity contribution < 1.29 is 0 Å². The van der Waals surface area contributed by atoms with E-state index in [4.69, 9.17) is 0 Å². The van der Waals surface area contributed by atoms with E-state index in [1.807, 2.05) is 0 Å². The number of benzene rings is 9. The third kappa shape index (κ3) is 5.53. The van der Waals surface area contributed by atoms with E-state index in [0.29, 0.717) is 0 Å². The molecule has 0 aliphatic heterocycles. The van der Waals surface area contributed by atoms with Gasteiger partial charge in [0.15, 0.2) is 0 Å². The van der Waals surface area contributed by atoms with Crippen LogP contribution in [0.5, 0.6) is 0 Å². The van der Waals surface area contributed by atoms with Crippen LogP contribution in [-0.4, -0.2) is 4.57 Å². The van der Waals surface area contributed by atoms with Gasteiger partial charge in [0.2, 0.25) is 0 Å². The van der Waals surface area contributed by atoms with Gasteiger partial charge in [0.05, 0.1) is 16.7 Å². The van der Waals surface area contributed by atoms with Gasteiger partial charge in [-0.1, -0.05) is 158 Å². The van der Waals surface area contributed by atoms with E-state index in [0.717, 1.165) is 33.9 Å².